The molecular formula is C66H119N11O15. The lowest BCUT2D eigenvalue weighted by molar-refractivity contribution is -0.166. The summed E-state index contributed by atoms with van der Waals surface area (Å²) in [6.45, 7) is 30.6. The Bertz CT molecular complexity index is 2490. The summed E-state index contributed by atoms with van der Waals surface area (Å²) >= 11 is 0. The maximum Gasteiger partial charge on any atom is 0.329 e. The summed E-state index contributed by atoms with van der Waals surface area (Å²) in [7, 11) is 9.78. The van der Waals surface area contributed by atoms with E-state index < -0.39 is 162 Å². The second-order valence-electron chi connectivity index (χ2n) is 28.9. The van der Waals surface area contributed by atoms with Gasteiger partial charge in [-0.2, -0.15) is 0 Å². The number of methoxy groups -OCH3 is 1. The fourth-order valence-corrected chi connectivity index (χ4v) is 11.7. The maximum atomic E-state index is 15.3. The zero-order valence-electron chi connectivity index (χ0n) is 60.0. The minimum absolute atomic E-state index is 0.0373. The molecule has 2 aliphatic rings. The van der Waals surface area contributed by atoms with E-state index in [9.17, 15) is 48.6 Å². The third-order valence-corrected chi connectivity index (χ3v) is 17.5. The predicted molar refractivity (Wildman–Crippen MR) is 349 cm³/mol. The number of rotatable bonds is 19. The molecule has 0 aromatic rings. The van der Waals surface area contributed by atoms with Crippen molar-refractivity contribution in [3.8, 4) is 0 Å². The molecule has 0 aliphatic carbocycles. The van der Waals surface area contributed by atoms with Gasteiger partial charge in [-0.1, -0.05) is 104 Å². The third kappa shape index (κ3) is 23.5. The van der Waals surface area contributed by atoms with Gasteiger partial charge >= 0.3 is 5.97 Å². The molecule has 13 atom stereocenters. The van der Waals surface area contributed by atoms with Gasteiger partial charge in [0.1, 0.15) is 54.4 Å². The van der Waals surface area contributed by atoms with Gasteiger partial charge in [-0.25, -0.2) is 4.79 Å². The van der Waals surface area contributed by atoms with Crippen molar-refractivity contribution in [2.75, 3.05) is 75.6 Å². The highest BCUT2D eigenvalue weighted by atomic mass is 16.6. The van der Waals surface area contributed by atoms with Crippen LogP contribution >= 0.6 is 0 Å². The molecule has 2 rings (SSSR count). The molecule has 26 heteroatoms. The van der Waals surface area contributed by atoms with E-state index in [1.807, 2.05) is 69.2 Å². The lowest BCUT2D eigenvalue weighted by Crippen LogP contribution is -2.64. The van der Waals surface area contributed by atoms with Crippen LogP contribution in [0.5, 0.6) is 0 Å². The number of aliphatic hydroxyl groups is 2. The molecule has 92 heavy (non-hydrogen) atoms. The summed E-state index contributed by atoms with van der Waals surface area (Å²) in [6.07, 6.45) is -3.77. The van der Waals surface area contributed by atoms with Crippen LogP contribution in [-0.4, -0.2) is 264 Å². The first kappa shape index (κ1) is 82.1. The summed E-state index contributed by atoms with van der Waals surface area (Å²) in [6, 6.07) is -12.3. The molecule has 0 bridgehead atoms. The van der Waals surface area contributed by atoms with Crippen molar-refractivity contribution in [1.29, 1.82) is 0 Å². The zero-order valence-corrected chi connectivity index (χ0v) is 60.0. The van der Waals surface area contributed by atoms with Crippen molar-refractivity contribution in [2.45, 2.75) is 235 Å². The smallest absolute Gasteiger partial charge is 0.329 e. The number of nitrogens with zero attached hydrogens (tertiary/aromatic N) is 7. The number of likely N-dealkylation sites (N-methyl/N-ethyl adjacent to an activating group) is 6. The molecule has 0 aromatic heterocycles. The minimum atomic E-state index is -1.76. The molecule has 0 aromatic carbocycles. The summed E-state index contributed by atoms with van der Waals surface area (Å²) in [5.74, 6) is -11.6. The number of amides is 10. The van der Waals surface area contributed by atoms with Crippen molar-refractivity contribution in [3.05, 3.63) is 0 Å². The minimum Gasteiger partial charge on any atom is -0.450 e. The van der Waals surface area contributed by atoms with Gasteiger partial charge in [-0.05, 0) is 106 Å². The van der Waals surface area contributed by atoms with Crippen LogP contribution in [0.3, 0.4) is 0 Å². The highest BCUT2D eigenvalue weighted by molar-refractivity contribution is 5.99. The quantitative estimate of drug-likeness (QED) is 0.101. The molecule has 2 aliphatic heterocycles. The molecule has 0 radical (unpaired) electrons. The molecule has 528 valence electrons. The summed E-state index contributed by atoms with van der Waals surface area (Å²) < 4.78 is 11.3. The number of hydrogen-bond donors (Lipinski definition) is 6. The van der Waals surface area contributed by atoms with E-state index >= 15 is 14.4 Å². The van der Waals surface area contributed by atoms with Crippen LogP contribution in [0, 0.1) is 47.3 Å². The monoisotopic (exact) mass is 1310 g/mol. The molecule has 0 saturated carbocycles. The molecule has 2 heterocycles. The maximum absolute atomic E-state index is 15.3. The first-order chi connectivity index (χ1) is 42.5. The van der Waals surface area contributed by atoms with Crippen molar-refractivity contribution in [2.24, 2.45) is 47.3 Å². The Balaban J connectivity index is 3.02. The fraction of sp³-hybridized carbons (Fsp3) is 0.833. The van der Waals surface area contributed by atoms with Gasteiger partial charge in [-0.3, -0.25) is 52.8 Å². The number of aliphatic hydroxyl groups excluding tert-OH is 2. The van der Waals surface area contributed by atoms with E-state index in [2.05, 4.69) is 26.2 Å². The van der Waals surface area contributed by atoms with Gasteiger partial charge in [0.25, 0.3) is 5.91 Å². The molecule has 2 saturated heterocycles. The van der Waals surface area contributed by atoms with Gasteiger partial charge in [0, 0.05) is 62.5 Å². The van der Waals surface area contributed by atoms with Crippen LogP contribution < -0.4 is 21.3 Å². The Morgan fingerprint density at radius 1 is 0.489 bits per heavy atom. The molecule has 0 spiro atoms. The van der Waals surface area contributed by atoms with E-state index in [0.29, 0.717) is 26.1 Å². The van der Waals surface area contributed by atoms with E-state index in [1.54, 1.807) is 41.7 Å². The van der Waals surface area contributed by atoms with Crippen LogP contribution in [0.25, 0.3) is 0 Å². The third-order valence-electron chi connectivity index (χ3n) is 17.5. The zero-order chi connectivity index (χ0) is 70.8. The second-order valence-corrected chi connectivity index (χ2v) is 28.9. The highest BCUT2D eigenvalue weighted by Crippen LogP contribution is 2.26. The van der Waals surface area contributed by atoms with Crippen molar-refractivity contribution < 1.29 is 72.4 Å². The average Bonchev–Trinajstić information content (AvgIpc) is 1.81. The van der Waals surface area contributed by atoms with Gasteiger partial charge < -0.3 is 70.4 Å². The van der Waals surface area contributed by atoms with Crippen LogP contribution in [-0.2, 0) is 62.2 Å². The Hall–Kier alpha value is -5.99. The van der Waals surface area contributed by atoms with Crippen LogP contribution in [0.1, 0.15) is 156 Å². The second kappa shape index (κ2) is 37.2. The highest BCUT2D eigenvalue weighted by Gasteiger charge is 2.46. The summed E-state index contributed by atoms with van der Waals surface area (Å²) in [4.78, 5) is 171. The standard InChI is InChI=1S/C66H119N11O15/c1-35(2)27-46-61(85)73(20)49(30-38(7)8)57(81)67-43(16)66(90)92-56(41(13)14)65(89)74(21)50(31-39(9)10)59(83)69-47(28-36(3)4)62(86)75(22)53(40(11)12)64(88)76(23)54(55(80)42(15)25-26-77-32-45(33-77)91-24)60(84)70-52(44(17)78)63(87)71(18)34-51(79)72(19)48(29-37(5)6)58(82)68-46/h35-50,52-56,78,80H,25-34H2,1-24H3,(H,67,81)(H,68,82)(H,69,83)(H,70,84)/t42-,43-,44?,46-,47+,48+,49-,50-,52-,53-,54+,55?,56+/m1/s1. The van der Waals surface area contributed by atoms with E-state index in [0.717, 1.165) is 14.7 Å². The molecule has 10 amide bonds. The SMILES string of the molecule is COC1CN(CC[C@@H](C)C(O)[C@H]2C(=O)N[C@H](C(C)O)C(=O)N(C)CC(=O)N(C)[C@@H](CC(C)C)C(=O)N[C@H](CC(C)C)C(=O)N(C)[C@H](CC(C)C)C(=O)N[C@H](C)C(=O)O[C@@H](C(C)C)C(=O)N(C)[C@H](CC(C)C)C(=O)N[C@@H](CC(C)C)C(=O)N(C)[C@H](C(C)C)C(=O)N2C)C1. The predicted octanol–water partition coefficient (Wildman–Crippen LogP) is 2.11. The lowest BCUT2D eigenvalue weighted by Gasteiger charge is -2.41. The van der Waals surface area contributed by atoms with Crippen molar-refractivity contribution in [3.63, 3.8) is 0 Å². The summed E-state index contributed by atoms with van der Waals surface area (Å²) in [5.41, 5.74) is 0. The normalized spacial score (nSPS) is 27.2. The molecular weight excluding hydrogens is 1190 g/mol. The number of esters is 1. The molecule has 6 N–H and O–H groups in total. The molecule has 26 nitrogen and oxygen atoms in total. The van der Waals surface area contributed by atoms with Crippen molar-refractivity contribution >= 4 is 65.0 Å². The lowest BCUT2D eigenvalue weighted by atomic mass is 9.91. The number of nitrogens with one attached hydrogen (secondary N) is 4. The van der Waals surface area contributed by atoms with Crippen LogP contribution in [0.2, 0.25) is 0 Å². The van der Waals surface area contributed by atoms with Gasteiger partial charge in [0.05, 0.1) is 24.9 Å². The van der Waals surface area contributed by atoms with E-state index in [-0.39, 0.29) is 67.8 Å². The topological polar surface area (TPSA) is 317 Å². The Morgan fingerprint density at radius 3 is 1.32 bits per heavy atom. The van der Waals surface area contributed by atoms with Crippen molar-refractivity contribution in [1.82, 2.24) is 55.6 Å². The molecule has 2 unspecified atom stereocenters. The Labute approximate surface area is 549 Å². The van der Waals surface area contributed by atoms with E-state index in [1.165, 1.54) is 70.8 Å². The fourth-order valence-electron chi connectivity index (χ4n) is 11.7. The largest absolute Gasteiger partial charge is 0.450 e. The first-order valence-corrected chi connectivity index (χ1v) is 33.1. The molecule has 2 fully saturated rings. The van der Waals surface area contributed by atoms with Gasteiger partial charge in [0.2, 0.25) is 53.2 Å². The first-order valence-electron chi connectivity index (χ1n) is 33.1. The van der Waals surface area contributed by atoms with Crippen LogP contribution in [0.4, 0.5) is 0 Å². The van der Waals surface area contributed by atoms with Gasteiger partial charge in [-0.15, -0.1) is 0 Å². The number of carbonyl (C=O) groups is 11. The number of cyclic esters (lactones) is 1. The van der Waals surface area contributed by atoms with E-state index in [4.69, 9.17) is 9.47 Å². The van der Waals surface area contributed by atoms with Crippen LogP contribution in [0.15, 0.2) is 0 Å². The Morgan fingerprint density at radius 2 is 0.902 bits per heavy atom. The number of hydrogen-bond acceptors (Lipinski definition) is 16. The Kier molecular flexibility index (Phi) is 33.2. The number of ether oxygens (including phenoxy) is 2. The number of carbonyl (C=O) groups excluding carboxylic acids is 11. The van der Waals surface area contributed by atoms with Gasteiger partial charge in [0.15, 0.2) is 6.10 Å². The summed E-state index contributed by atoms with van der Waals surface area (Å²) in [5, 5.41) is 34.7. The number of likely N-dealkylation sites (tertiary alicyclic amines) is 1. The average molecular weight is 1310 g/mol.